The van der Waals surface area contributed by atoms with Crippen LogP contribution in [0.1, 0.15) is 11.1 Å². The summed E-state index contributed by atoms with van der Waals surface area (Å²) in [5.74, 6) is 0. The molecule has 1 N–H and O–H groups in total. The monoisotopic (exact) mass is 523 g/mol. The number of rotatable bonds is 8. The lowest BCUT2D eigenvalue weighted by Crippen LogP contribution is -2.24. The van der Waals surface area contributed by atoms with E-state index in [2.05, 4.69) is 29.6 Å². The molecule has 0 atom stereocenters. The Balaban J connectivity index is 1.45. The van der Waals surface area contributed by atoms with E-state index in [4.69, 9.17) is 11.4 Å². The second-order valence-electron chi connectivity index (χ2n) is 8.58. The van der Waals surface area contributed by atoms with Gasteiger partial charge in [0.05, 0.1) is 15.1 Å². The fraction of sp³-hybridized carbons (Fsp3) is 0.100. The van der Waals surface area contributed by atoms with Crippen molar-refractivity contribution in [2.24, 2.45) is 0 Å². The summed E-state index contributed by atoms with van der Waals surface area (Å²) >= 11 is 1.66. The van der Waals surface area contributed by atoms with Crippen LogP contribution in [-0.2, 0) is 23.1 Å². The third-order valence-corrected chi connectivity index (χ3v) is 8.99. The Labute approximate surface area is 221 Å². The molecule has 4 aromatic carbocycles. The summed E-state index contributed by atoms with van der Waals surface area (Å²) < 4.78 is 28.2. The van der Waals surface area contributed by atoms with Crippen molar-refractivity contribution in [1.82, 2.24) is 14.6 Å². The molecule has 0 unspecified atom stereocenters. The zero-order chi connectivity index (χ0) is 25.8. The minimum Gasteiger partial charge on any atom is -0.309 e. The van der Waals surface area contributed by atoms with Crippen LogP contribution in [0.15, 0.2) is 102 Å². The van der Waals surface area contributed by atoms with Crippen molar-refractivity contribution in [2.45, 2.75) is 18.0 Å². The van der Waals surface area contributed by atoms with Gasteiger partial charge in [0.1, 0.15) is 5.01 Å². The van der Waals surface area contributed by atoms with Gasteiger partial charge in [-0.25, -0.2) is 17.7 Å². The molecule has 5 aromatic rings. The summed E-state index contributed by atoms with van der Waals surface area (Å²) in [4.78, 5) is 4.94. The van der Waals surface area contributed by atoms with Crippen LogP contribution in [0.2, 0.25) is 0 Å². The van der Waals surface area contributed by atoms with Crippen LogP contribution in [0.3, 0.4) is 0 Å². The Kier molecular flexibility index (Phi) is 7.06. The predicted molar refractivity (Wildman–Crippen MR) is 151 cm³/mol. The van der Waals surface area contributed by atoms with Crippen molar-refractivity contribution in [3.8, 4) is 34.2 Å². The molecular formula is C30H25N3O2S2. The van der Waals surface area contributed by atoms with Crippen LogP contribution >= 0.6 is 11.3 Å². The van der Waals surface area contributed by atoms with Crippen molar-refractivity contribution in [3.63, 3.8) is 0 Å². The standard InChI is InChI=1S/C30H25N3O2S2/c1-3-33(2)37(34,35)29-18-17-25(19-26(29)21-31-20-22-9-5-4-6-10-22)23-13-15-24(16-14-23)30-32-27-11-7-8-12-28(27)36-30/h1,4-19,31H,20-21H2,2H3. The number of terminal acetylenes is 1. The average molecular weight is 524 g/mol. The van der Waals surface area contributed by atoms with Crippen LogP contribution < -0.4 is 5.32 Å². The van der Waals surface area contributed by atoms with E-state index in [1.54, 1.807) is 17.4 Å². The second-order valence-corrected chi connectivity index (χ2v) is 11.5. The van der Waals surface area contributed by atoms with Gasteiger partial charge in [-0.3, -0.25) is 0 Å². The molecule has 0 amide bonds. The summed E-state index contributed by atoms with van der Waals surface area (Å²) in [6.07, 6.45) is 5.41. The van der Waals surface area contributed by atoms with E-state index in [1.165, 1.54) is 7.05 Å². The molecule has 1 aromatic heterocycles. The predicted octanol–water partition coefficient (Wildman–Crippen LogP) is 6.13. The van der Waals surface area contributed by atoms with Crippen molar-refractivity contribution >= 4 is 31.6 Å². The summed E-state index contributed by atoms with van der Waals surface area (Å²) in [5, 5.41) is 4.34. The van der Waals surface area contributed by atoms with Gasteiger partial charge in [0.25, 0.3) is 10.0 Å². The second kappa shape index (κ2) is 10.6. The van der Waals surface area contributed by atoms with Crippen molar-refractivity contribution in [3.05, 3.63) is 108 Å². The summed E-state index contributed by atoms with van der Waals surface area (Å²) in [6.45, 7) is 0.992. The number of hydrogen-bond acceptors (Lipinski definition) is 5. The smallest absolute Gasteiger partial charge is 0.271 e. The third kappa shape index (κ3) is 5.27. The molecule has 7 heteroatoms. The number of nitrogens with zero attached hydrogens (tertiary/aromatic N) is 2. The van der Waals surface area contributed by atoms with Gasteiger partial charge < -0.3 is 5.32 Å². The van der Waals surface area contributed by atoms with Crippen LogP contribution in [-0.4, -0.2) is 24.8 Å². The number of para-hydroxylation sites is 1. The number of thiazole rings is 1. The molecule has 0 bridgehead atoms. The molecule has 37 heavy (non-hydrogen) atoms. The first kappa shape index (κ1) is 24.7. The van der Waals surface area contributed by atoms with E-state index in [1.807, 2.05) is 72.8 Å². The van der Waals surface area contributed by atoms with E-state index in [0.717, 1.165) is 41.8 Å². The lowest BCUT2D eigenvalue weighted by molar-refractivity contribution is 0.544. The minimum atomic E-state index is -3.82. The van der Waals surface area contributed by atoms with Crippen molar-refractivity contribution < 1.29 is 8.42 Å². The quantitative estimate of drug-likeness (QED) is 0.196. The number of aromatic nitrogens is 1. The maximum absolute atomic E-state index is 13.1. The normalized spacial score (nSPS) is 11.4. The highest BCUT2D eigenvalue weighted by Crippen LogP contribution is 2.32. The molecule has 5 nitrogen and oxygen atoms in total. The SMILES string of the molecule is C#CN(C)S(=O)(=O)c1ccc(-c2ccc(-c3nc4ccccc4s3)cc2)cc1CNCc1ccccc1. The topological polar surface area (TPSA) is 62.3 Å². The van der Waals surface area contributed by atoms with Crippen LogP contribution in [0, 0.1) is 12.5 Å². The molecule has 0 saturated heterocycles. The Bertz CT molecular complexity index is 1650. The lowest BCUT2D eigenvalue weighted by Gasteiger charge is -2.17. The van der Waals surface area contributed by atoms with Crippen molar-refractivity contribution in [2.75, 3.05) is 7.05 Å². The summed E-state index contributed by atoms with van der Waals surface area (Å²) in [6, 6.07) is 33.9. The van der Waals surface area contributed by atoms with E-state index in [9.17, 15) is 8.42 Å². The van der Waals surface area contributed by atoms with Gasteiger partial charge in [-0.2, -0.15) is 0 Å². The maximum Gasteiger partial charge on any atom is 0.271 e. The van der Waals surface area contributed by atoms with Gasteiger partial charge in [0, 0.05) is 31.7 Å². The number of hydrogen-bond donors (Lipinski definition) is 1. The molecule has 0 spiro atoms. The molecule has 0 aliphatic rings. The van der Waals surface area contributed by atoms with E-state index in [-0.39, 0.29) is 4.90 Å². The van der Waals surface area contributed by atoms with Crippen molar-refractivity contribution in [1.29, 1.82) is 0 Å². The number of sulfonamides is 1. The van der Waals surface area contributed by atoms with Gasteiger partial charge in [0.2, 0.25) is 0 Å². The van der Waals surface area contributed by atoms with E-state index in [0.29, 0.717) is 18.7 Å². The van der Waals surface area contributed by atoms with Crippen LogP contribution in [0.25, 0.3) is 31.9 Å². The molecule has 0 saturated carbocycles. The minimum absolute atomic E-state index is 0.198. The van der Waals surface area contributed by atoms with Gasteiger partial charge in [0.15, 0.2) is 0 Å². The van der Waals surface area contributed by atoms with Gasteiger partial charge in [-0.1, -0.05) is 79.2 Å². The molecule has 0 aliphatic heterocycles. The fourth-order valence-corrected chi connectivity index (χ4v) is 6.21. The maximum atomic E-state index is 13.1. The van der Waals surface area contributed by atoms with Gasteiger partial charge in [-0.15, -0.1) is 11.3 Å². The Morgan fingerprint density at radius 1 is 0.865 bits per heavy atom. The summed E-state index contributed by atoms with van der Waals surface area (Å²) in [7, 11) is -2.44. The number of fused-ring (bicyclic) bond motifs is 1. The average Bonchev–Trinajstić information content (AvgIpc) is 3.37. The number of nitrogens with one attached hydrogen (secondary N) is 1. The van der Waals surface area contributed by atoms with Crippen LogP contribution in [0.4, 0.5) is 0 Å². The Morgan fingerprint density at radius 2 is 1.54 bits per heavy atom. The molecular weight excluding hydrogens is 498 g/mol. The third-order valence-electron chi connectivity index (χ3n) is 6.13. The molecule has 184 valence electrons. The zero-order valence-corrected chi connectivity index (χ0v) is 21.9. The zero-order valence-electron chi connectivity index (χ0n) is 20.3. The number of benzene rings is 4. The highest BCUT2D eigenvalue weighted by atomic mass is 32.2. The Morgan fingerprint density at radius 3 is 2.27 bits per heavy atom. The molecule has 1 heterocycles. The molecule has 0 fully saturated rings. The molecule has 5 rings (SSSR count). The first-order valence-electron chi connectivity index (χ1n) is 11.7. The Hall–Kier alpha value is -3.96. The highest BCUT2D eigenvalue weighted by molar-refractivity contribution is 7.89. The van der Waals surface area contributed by atoms with Gasteiger partial charge >= 0.3 is 0 Å². The first-order valence-corrected chi connectivity index (χ1v) is 14.0. The fourth-order valence-electron chi connectivity index (χ4n) is 4.10. The van der Waals surface area contributed by atoms with Crippen LogP contribution in [0.5, 0.6) is 0 Å². The first-order chi connectivity index (χ1) is 18.0. The molecule has 0 aliphatic carbocycles. The highest BCUT2D eigenvalue weighted by Gasteiger charge is 2.22. The summed E-state index contributed by atoms with van der Waals surface area (Å²) in [5.41, 5.74) is 5.73. The molecule has 0 radical (unpaired) electrons. The lowest BCUT2D eigenvalue weighted by atomic mass is 10.0. The largest absolute Gasteiger partial charge is 0.309 e. The van der Waals surface area contributed by atoms with E-state index < -0.39 is 10.0 Å². The van der Waals surface area contributed by atoms with Gasteiger partial charge in [-0.05, 0) is 46.5 Å². The van der Waals surface area contributed by atoms with E-state index >= 15 is 0 Å².